The van der Waals surface area contributed by atoms with E-state index in [1.165, 1.54) is 11.8 Å². The molecule has 4 rings (SSSR count). The van der Waals surface area contributed by atoms with Crippen LogP contribution in [0.25, 0.3) is 11.0 Å². The van der Waals surface area contributed by atoms with E-state index < -0.39 is 0 Å². The summed E-state index contributed by atoms with van der Waals surface area (Å²) in [6, 6.07) is 23.3. The molecule has 0 bridgehead atoms. The van der Waals surface area contributed by atoms with E-state index in [2.05, 4.69) is 36.4 Å². The highest BCUT2D eigenvalue weighted by atomic mass is 79.9. The molecule has 0 unspecified atom stereocenters. The largest absolute Gasteiger partial charge is 0.489 e. The molecule has 0 aliphatic heterocycles. The molecule has 0 fully saturated rings. The smallest absolute Gasteiger partial charge is 0.250 e. The van der Waals surface area contributed by atoms with Crippen molar-refractivity contribution >= 4 is 50.8 Å². The van der Waals surface area contributed by atoms with Crippen molar-refractivity contribution in [2.75, 3.05) is 5.75 Å². The fraction of sp³-hybridized carbons (Fsp3) is 0.0870. The van der Waals surface area contributed by atoms with Crippen LogP contribution in [0.5, 0.6) is 5.75 Å². The maximum atomic E-state index is 12.1. The van der Waals surface area contributed by atoms with Gasteiger partial charge in [0.25, 0.3) is 5.91 Å². The number of hydrogen-bond acceptors (Lipinski definition) is 5. The highest BCUT2D eigenvalue weighted by molar-refractivity contribution is 9.10. The van der Waals surface area contributed by atoms with Crippen LogP contribution in [0.1, 0.15) is 11.1 Å². The van der Waals surface area contributed by atoms with E-state index in [9.17, 15) is 4.79 Å². The number of nitrogens with zero attached hydrogens (tertiary/aromatic N) is 2. The molecule has 4 aromatic rings. The number of halogens is 1. The third-order valence-corrected chi connectivity index (χ3v) is 5.69. The van der Waals surface area contributed by atoms with Gasteiger partial charge in [-0.3, -0.25) is 4.79 Å². The summed E-state index contributed by atoms with van der Waals surface area (Å²) in [6.07, 6.45) is 1.59. The average molecular weight is 495 g/mol. The first kappa shape index (κ1) is 21.1. The highest BCUT2D eigenvalue weighted by Gasteiger charge is 2.06. The first-order chi connectivity index (χ1) is 15.2. The Morgan fingerprint density at radius 3 is 2.81 bits per heavy atom. The van der Waals surface area contributed by atoms with Gasteiger partial charge in [-0.05, 0) is 47.5 Å². The molecule has 0 saturated heterocycles. The summed E-state index contributed by atoms with van der Waals surface area (Å²) in [7, 11) is 0. The molecule has 0 aliphatic rings. The molecule has 0 radical (unpaired) electrons. The highest BCUT2D eigenvalue weighted by Crippen LogP contribution is 2.19. The summed E-state index contributed by atoms with van der Waals surface area (Å²) in [5.74, 6) is 0.746. The molecule has 6 nitrogen and oxygen atoms in total. The number of H-pyrrole nitrogens is 1. The van der Waals surface area contributed by atoms with Gasteiger partial charge in [0.2, 0.25) is 0 Å². The van der Waals surface area contributed by atoms with Crippen molar-refractivity contribution in [3.8, 4) is 5.75 Å². The van der Waals surface area contributed by atoms with Gasteiger partial charge in [-0.25, -0.2) is 10.4 Å². The van der Waals surface area contributed by atoms with Crippen LogP contribution in [-0.2, 0) is 11.4 Å². The summed E-state index contributed by atoms with van der Waals surface area (Å²) in [6.45, 7) is 0.476. The minimum Gasteiger partial charge on any atom is -0.489 e. The molecule has 156 valence electrons. The predicted octanol–water partition coefficient (Wildman–Crippen LogP) is 5.15. The molecule has 2 N–H and O–H groups in total. The summed E-state index contributed by atoms with van der Waals surface area (Å²) < 4.78 is 6.87. The van der Waals surface area contributed by atoms with Gasteiger partial charge in [0.15, 0.2) is 5.16 Å². The maximum Gasteiger partial charge on any atom is 0.250 e. The number of benzene rings is 3. The van der Waals surface area contributed by atoms with Crippen molar-refractivity contribution in [1.29, 1.82) is 0 Å². The maximum absolute atomic E-state index is 12.1. The van der Waals surface area contributed by atoms with E-state index in [0.717, 1.165) is 32.4 Å². The molecule has 31 heavy (non-hydrogen) atoms. The lowest BCUT2D eigenvalue weighted by atomic mass is 10.2. The Morgan fingerprint density at radius 2 is 1.97 bits per heavy atom. The lowest BCUT2D eigenvalue weighted by Gasteiger charge is -2.07. The van der Waals surface area contributed by atoms with Crippen molar-refractivity contribution in [2.24, 2.45) is 5.10 Å². The van der Waals surface area contributed by atoms with Crippen molar-refractivity contribution in [3.05, 3.63) is 88.4 Å². The van der Waals surface area contributed by atoms with Crippen LogP contribution >= 0.6 is 27.7 Å². The van der Waals surface area contributed by atoms with Crippen LogP contribution in [0.3, 0.4) is 0 Å². The Labute approximate surface area is 192 Å². The van der Waals surface area contributed by atoms with E-state index in [4.69, 9.17) is 4.74 Å². The lowest BCUT2D eigenvalue weighted by molar-refractivity contribution is -0.118. The van der Waals surface area contributed by atoms with Crippen molar-refractivity contribution in [3.63, 3.8) is 0 Å². The molecule has 8 heteroatoms. The number of thioether (sulfide) groups is 1. The standard InChI is InChI=1S/C23H19BrN4O2S/c24-18-10-8-16(9-11-18)14-30-19-5-3-4-17(12-19)13-25-28-22(29)15-31-23-26-20-6-1-2-7-21(20)27-23/h1-13H,14-15H2,(H,26,27)(H,28,29)/b25-13+. The zero-order chi connectivity index (χ0) is 21.5. The minimum atomic E-state index is -0.204. The normalized spacial score (nSPS) is 11.1. The van der Waals surface area contributed by atoms with Gasteiger partial charge < -0.3 is 9.72 Å². The number of aromatic nitrogens is 2. The first-order valence-electron chi connectivity index (χ1n) is 9.52. The Hall–Kier alpha value is -3.10. The second-order valence-electron chi connectivity index (χ2n) is 6.63. The van der Waals surface area contributed by atoms with Crippen LogP contribution in [0.4, 0.5) is 0 Å². The lowest BCUT2D eigenvalue weighted by Crippen LogP contribution is -2.19. The number of amides is 1. The van der Waals surface area contributed by atoms with Crippen LogP contribution in [0.15, 0.2) is 87.5 Å². The molecule has 1 aromatic heterocycles. The second kappa shape index (κ2) is 10.3. The van der Waals surface area contributed by atoms with E-state index >= 15 is 0 Å². The molecular formula is C23H19BrN4O2S. The van der Waals surface area contributed by atoms with Crippen molar-refractivity contribution in [1.82, 2.24) is 15.4 Å². The van der Waals surface area contributed by atoms with Gasteiger partial charge >= 0.3 is 0 Å². The third-order valence-electron chi connectivity index (χ3n) is 4.29. The quantitative estimate of drug-likeness (QED) is 0.201. The average Bonchev–Trinajstić information content (AvgIpc) is 3.21. The van der Waals surface area contributed by atoms with Gasteiger partial charge in [-0.2, -0.15) is 5.10 Å². The van der Waals surface area contributed by atoms with Gasteiger partial charge in [-0.15, -0.1) is 0 Å². The number of imidazole rings is 1. The number of hydrogen-bond donors (Lipinski definition) is 2. The third kappa shape index (κ3) is 6.19. The number of aromatic amines is 1. The molecule has 1 heterocycles. The van der Waals surface area contributed by atoms with E-state index in [-0.39, 0.29) is 11.7 Å². The number of rotatable bonds is 8. The van der Waals surface area contributed by atoms with Crippen LogP contribution in [0, 0.1) is 0 Å². The monoisotopic (exact) mass is 494 g/mol. The predicted molar refractivity (Wildman–Crippen MR) is 127 cm³/mol. The number of nitrogens with one attached hydrogen (secondary N) is 2. The number of para-hydroxylation sites is 2. The minimum absolute atomic E-state index is 0.204. The molecule has 0 spiro atoms. The van der Waals surface area contributed by atoms with Crippen molar-refractivity contribution in [2.45, 2.75) is 11.8 Å². The Kier molecular flexibility index (Phi) is 7.01. The summed E-state index contributed by atoms with van der Waals surface area (Å²) >= 11 is 4.76. The van der Waals surface area contributed by atoms with Gasteiger partial charge in [0.05, 0.1) is 23.0 Å². The zero-order valence-corrected chi connectivity index (χ0v) is 18.8. The number of carbonyl (C=O) groups excluding carboxylic acids is 1. The summed E-state index contributed by atoms with van der Waals surface area (Å²) in [4.78, 5) is 19.7. The number of ether oxygens (including phenoxy) is 1. The van der Waals surface area contributed by atoms with Crippen LogP contribution in [0.2, 0.25) is 0 Å². The first-order valence-corrected chi connectivity index (χ1v) is 11.3. The topological polar surface area (TPSA) is 79.4 Å². The molecule has 3 aromatic carbocycles. The fourth-order valence-electron chi connectivity index (χ4n) is 2.77. The Morgan fingerprint density at radius 1 is 1.13 bits per heavy atom. The molecule has 0 aliphatic carbocycles. The SMILES string of the molecule is O=C(CSc1nc2ccccc2[nH]1)N/N=C/c1cccc(OCc2ccc(Br)cc2)c1. The zero-order valence-electron chi connectivity index (χ0n) is 16.4. The molecular weight excluding hydrogens is 476 g/mol. The fourth-order valence-corrected chi connectivity index (χ4v) is 3.72. The molecule has 1 amide bonds. The van der Waals surface area contributed by atoms with Crippen molar-refractivity contribution < 1.29 is 9.53 Å². The number of fused-ring (bicyclic) bond motifs is 1. The van der Waals surface area contributed by atoms with E-state index in [1.54, 1.807) is 6.21 Å². The van der Waals surface area contributed by atoms with Gasteiger partial charge in [-0.1, -0.05) is 64.1 Å². The number of carbonyl (C=O) groups is 1. The second-order valence-corrected chi connectivity index (χ2v) is 8.51. The van der Waals surface area contributed by atoms with Gasteiger partial charge in [0, 0.05) is 4.47 Å². The summed E-state index contributed by atoms with van der Waals surface area (Å²) in [5, 5.41) is 4.74. The Bertz CT molecular complexity index is 1170. The molecule has 0 saturated carbocycles. The summed E-state index contributed by atoms with van der Waals surface area (Å²) in [5.41, 5.74) is 6.28. The van der Waals surface area contributed by atoms with Crippen LogP contribution in [-0.4, -0.2) is 27.8 Å². The molecule has 0 atom stereocenters. The Balaban J connectivity index is 1.25. The van der Waals surface area contributed by atoms with Crippen LogP contribution < -0.4 is 10.2 Å². The van der Waals surface area contributed by atoms with E-state index in [0.29, 0.717) is 11.8 Å². The number of hydrazone groups is 1. The van der Waals surface area contributed by atoms with Gasteiger partial charge in [0.1, 0.15) is 12.4 Å². The van der Waals surface area contributed by atoms with E-state index in [1.807, 2.05) is 72.8 Å².